The molecule has 4 heteroatoms. The van der Waals surface area contributed by atoms with Gasteiger partial charge < -0.3 is 0 Å². The molecule has 0 spiro atoms. The molecule has 0 saturated carbocycles. The maximum atomic E-state index is 6.00. The molecule has 0 aliphatic carbocycles. The van der Waals surface area contributed by atoms with Crippen molar-refractivity contribution in [2.45, 2.75) is 0 Å². The minimum absolute atomic E-state index is 0. The standard InChI is InChI=1S/2Mn.H2O2/c;;1-2/h;;1-2H. The smallest absolute Gasteiger partial charge is 0 e. The molecule has 0 saturated heterocycles. The molecule has 0 atom stereocenters. The molecule has 0 aliphatic heterocycles. The first-order chi connectivity index (χ1) is 1.00. The number of hydrogen-bond acceptors (Lipinski definition) is 2. The first-order valence-electron chi connectivity index (χ1n) is 0.200. The van der Waals surface area contributed by atoms with Gasteiger partial charge in [-0.1, -0.05) is 0 Å². The van der Waals surface area contributed by atoms with E-state index in [4.69, 9.17) is 10.5 Å². The Morgan fingerprint density at radius 1 is 0.750 bits per heavy atom. The molecule has 4 heavy (non-hydrogen) atoms. The van der Waals surface area contributed by atoms with Crippen LogP contribution in [0.3, 0.4) is 0 Å². The largest absolute Gasteiger partial charge is 0.255 e. The van der Waals surface area contributed by atoms with Gasteiger partial charge in [-0.25, -0.2) is 0 Å². The Labute approximate surface area is 45.1 Å². The van der Waals surface area contributed by atoms with Crippen LogP contribution < -0.4 is 0 Å². The minimum Gasteiger partial charge on any atom is -0.255 e. The Morgan fingerprint density at radius 3 is 0.750 bits per heavy atom. The molecule has 0 bridgehead atoms. The second-order valence-corrected chi connectivity index (χ2v) is 0. The zero-order valence-electron chi connectivity index (χ0n) is 1.65. The monoisotopic (exact) mass is 144 g/mol. The van der Waals surface area contributed by atoms with Crippen LogP contribution in [0.1, 0.15) is 0 Å². The summed E-state index contributed by atoms with van der Waals surface area (Å²) < 4.78 is 0. The van der Waals surface area contributed by atoms with Gasteiger partial charge >= 0.3 is 0 Å². The maximum absolute atomic E-state index is 6.00. The Morgan fingerprint density at radius 2 is 0.750 bits per heavy atom. The van der Waals surface area contributed by atoms with Crippen LogP contribution in [0.15, 0.2) is 0 Å². The van der Waals surface area contributed by atoms with E-state index in [0.29, 0.717) is 0 Å². The maximum Gasteiger partial charge on any atom is 0 e. The van der Waals surface area contributed by atoms with Gasteiger partial charge in [-0.2, -0.15) is 0 Å². The third-order valence-electron chi connectivity index (χ3n) is 0. The summed E-state index contributed by atoms with van der Waals surface area (Å²) >= 11 is 0. The van der Waals surface area contributed by atoms with Crippen LogP contribution in [0.4, 0.5) is 0 Å². The van der Waals surface area contributed by atoms with E-state index in [1.165, 1.54) is 0 Å². The van der Waals surface area contributed by atoms with E-state index in [1.54, 1.807) is 0 Å². The first kappa shape index (κ1) is 20.3. The molecule has 0 heterocycles. The Kier molecular flexibility index (Phi) is 191. The van der Waals surface area contributed by atoms with Crippen molar-refractivity contribution in [2.75, 3.05) is 0 Å². The first-order valence-corrected chi connectivity index (χ1v) is 0.200. The van der Waals surface area contributed by atoms with Crippen LogP contribution in [0.5, 0.6) is 0 Å². The van der Waals surface area contributed by atoms with Crippen LogP contribution in [0.2, 0.25) is 0 Å². The second-order valence-electron chi connectivity index (χ2n) is 0. The Bertz CT molecular complexity index is 4.00. The van der Waals surface area contributed by atoms with Gasteiger partial charge in [-0.15, -0.1) is 0 Å². The summed E-state index contributed by atoms with van der Waals surface area (Å²) in [6.45, 7) is 0. The number of hydrogen-bond donors (Lipinski definition) is 2. The van der Waals surface area contributed by atoms with Crippen molar-refractivity contribution in [1.29, 1.82) is 0 Å². The van der Waals surface area contributed by atoms with Gasteiger partial charge in [-0.05, 0) is 0 Å². The third-order valence-corrected chi connectivity index (χ3v) is 0. The van der Waals surface area contributed by atoms with Crippen LogP contribution in [0.25, 0.3) is 0 Å². The predicted octanol–water partition coefficient (Wildman–Crippen LogP) is 0.0124. The third kappa shape index (κ3) is 12.3. The molecule has 0 aromatic heterocycles. The molecule has 2 radical (unpaired) electrons. The molecule has 0 amide bonds. The molecule has 0 unspecified atom stereocenters. The summed E-state index contributed by atoms with van der Waals surface area (Å²) in [4.78, 5) is 0. The molecule has 0 aromatic rings. The molecule has 0 rings (SSSR count). The summed E-state index contributed by atoms with van der Waals surface area (Å²) in [7, 11) is 0. The van der Waals surface area contributed by atoms with Gasteiger partial charge in [0.25, 0.3) is 0 Å². The van der Waals surface area contributed by atoms with Crippen LogP contribution >= 0.6 is 0 Å². The molecule has 2 nitrogen and oxygen atoms in total. The van der Waals surface area contributed by atoms with Crippen LogP contribution in [-0.2, 0) is 34.1 Å². The minimum atomic E-state index is 0. The van der Waals surface area contributed by atoms with E-state index in [2.05, 4.69) is 0 Å². The van der Waals surface area contributed by atoms with Gasteiger partial charge in [0.15, 0.2) is 0 Å². The van der Waals surface area contributed by atoms with Crippen molar-refractivity contribution in [2.24, 2.45) is 0 Å². The summed E-state index contributed by atoms with van der Waals surface area (Å²) in [6.07, 6.45) is 0. The van der Waals surface area contributed by atoms with Crippen LogP contribution in [-0.4, -0.2) is 10.5 Å². The van der Waals surface area contributed by atoms with Crippen molar-refractivity contribution >= 4 is 0 Å². The fourth-order valence-corrected chi connectivity index (χ4v) is 0. The summed E-state index contributed by atoms with van der Waals surface area (Å²) in [5.41, 5.74) is 0. The van der Waals surface area contributed by atoms with E-state index in [9.17, 15) is 0 Å². The molecule has 0 aliphatic rings. The topological polar surface area (TPSA) is 40.5 Å². The van der Waals surface area contributed by atoms with Gasteiger partial charge in [0.1, 0.15) is 0 Å². The van der Waals surface area contributed by atoms with Crippen molar-refractivity contribution in [3.8, 4) is 0 Å². The molecular formula is H2Mn2O2. The molecule has 2 N–H and O–H groups in total. The van der Waals surface area contributed by atoms with Gasteiger partial charge in [0.05, 0.1) is 0 Å². The second kappa shape index (κ2) is 37.7. The summed E-state index contributed by atoms with van der Waals surface area (Å²) in [5, 5.41) is 12.0. The SMILES string of the molecule is OO.[Mn].[Mn]. The van der Waals surface area contributed by atoms with E-state index in [0.717, 1.165) is 0 Å². The van der Waals surface area contributed by atoms with Crippen molar-refractivity contribution in [3.63, 3.8) is 0 Å². The Hall–Kier alpha value is 0.959. The van der Waals surface area contributed by atoms with Crippen LogP contribution in [0, 0.1) is 0 Å². The summed E-state index contributed by atoms with van der Waals surface area (Å²) in [6, 6.07) is 0. The van der Waals surface area contributed by atoms with Gasteiger partial charge in [0, 0.05) is 34.1 Å². The molecule has 28 valence electrons. The normalized spacial score (nSPS) is 1.50. The predicted molar refractivity (Wildman–Crippen MR) is 5.26 cm³/mol. The molecule has 0 aromatic carbocycles. The Balaban J connectivity index is -0.00000000500. The fourth-order valence-electron chi connectivity index (χ4n) is 0. The van der Waals surface area contributed by atoms with Gasteiger partial charge in [-0.3, -0.25) is 10.5 Å². The van der Waals surface area contributed by atoms with Gasteiger partial charge in [0.2, 0.25) is 0 Å². The zero-order chi connectivity index (χ0) is 2.00. The van der Waals surface area contributed by atoms with E-state index in [1.807, 2.05) is 0 Å². The van der Waals surface area contributed by atoms with Crippen molar-refractivity contribution in [1.82, 2.24) is 0 Å². The van der Waals surface area contributed by atoms with E-state index in [-0.39, 0.29) is 34.1 Å². The molecular weight excluding hydrogens is 142 g/mol. The number of rotatable bonds is 0. The molecule has 0 fully saturated rings. The van der Waals surface area contributed by atoms with E-state index >= 15 is 0 Å². The summed E-state index contributed by atoms with van der Waals surface area (Å²) in [5.74, 6) is 0. The van der Waals surface area contributed by atoms with E-state index < -0.39 is 0 Å². The van der Waals surface area contributed by atoms with Crippen molar-refractivity contribution < 1.29 is 44.7 Å². The average Bonchev–Trinajstić information content (AvgIpc) is 1.00. The zero-order valence-corrected chi connectivity index (χ0v) is 4.01. The van der Waals surface area contributed by atoms with Crippen molar-refractivity contribution in [3.05, 3.63) is 0 Å². The average molecular weight is 144 g/mol. The quantitative estimate of drug-likeness (QED) is 0.285. The fraction of sp³-hybridized carbons (Fsp3) is 0.